The van der Waals surface area contributed by atoms with Crippen molar-refractivity contribution >= 4 is 33.3 Å². The van der Waals surface area contributed by atoms with Crippen LogP contribution in [0.25, 0.3) is 22.2 Å². The van der Waals surface area contributed by atoms with Crippen LogP contribution in [-0.2, 0) is 11.3 Å². The number of carbonyl (C=O) groups excluding carboxylic acids is 1. The zero-order valence-corrected chi connectivity index (χ0v) is 18.9. The Morgan fingerprint density at radius 2 is 1.72 bits per heavy atom. The smallest absolute Gasteiger partial charge is 0.270 e. The van der Waals surface area contributed by atoms with Crippen molar-refractivity contribution < 1.29 is 13.6 Å². The molecule has 0 saturated carbocycles. The number of benzene rings is 2. The van der Waals surface area contributed by atoms with Crippen LogP contribution in [0.5, 0.6) is 0 Å². The zero-order chi connectivity index (χ0) is 23.1. The van der Waals surface area contributed by atoms with Crippen LogP contribution in [0.15, 0.2) is 54.6 Å². The summed E-state index contributed by atoms with van der Waals surface area (Å²) in [4.78, 5) is 17.6. The Balaban J connectivity index is 1.70. The normalized spacial score (nSPS) is 12.2. The summed E-state index contributed by atoms with van der Waals surface area (Å²) in [6.45, 7) is 6.94. The van der Waals surface area contributed by atoms with Crippen molar-refractivity contribution in [3.05, 3.63) is 70.7 Å². The average molecular weight is 453 g/mol. The van der Waals surface area contributed by atoms with Gasteiger partial charge in [-0.05, 0) is 18.2 Å². The number of alkyl halides is 2. The molecular formula is C24H22F2N4OS. The topological polar surface area (TPSA) is 67.8 Å². The predicted octanol–water partition coefficient (Wildman–Crippen LogP) is 6.41. The number of fused-ring (bicyclic) bond motifs is 1. The maximum atomic E-state index is 13.8. The van der Waals surface area contributed by atoms with E-state index in [1.54, 1.807) is 30.3 Å². The SMILES string of the molecule is CC(C)(C)c1nnc(NC(=O)c2cccc3ccc(-c4cccc(C(C)(F)F)c4)nc23)s1. The van der Waals surface area contributed by atoms with Gasteiger partial charge >= 0.3 is 0 Å². The monoisotopic (exact) mass is 452 g/mol. The Kier molecular flexibility index (Phi) is 5.50. The molecule has 0 aliphatic carbocycles. The van der Waals surface area contributed by atoms with Crippen molar-refractivity contribution in [1.82, 2.24) is 15.2 Å². The Morgan fingerprint density at radius 1 is 0.969 bits per heavy atom. The van der Waals surface area contributed by atoms with E-state index in [2.05, 4.69) is 20.5 Å². The number of rotatable bonds is 4. The molecule has 0 atom stereocenters. The number of para-hydroxylation sites is 1. The average Bonchev–Trinajstić information content (AvgIpc) is 3.21. The Bertz CT molecular complexity index is 1310. The number of hydrogen-bond donors (Lipinski definition) is 1. The second-order valence-electron chi connectivity index (χ2n) is 8.66. The van der Waals surface area contributed by atoms with Crippen LogP contribution in [0.4, 0.5) is 13.9 Å². The lowest BCUT2D eigenvalue weighted by atomic mass is 9.98. The fraction of sp³-hybridized carbons (Fsp3) is 0.250. The fourth-order valence-electron chi connectivity index (χ4n) is 3.18. The van der Waals surface area contributed by atoms with E-state index in [1.807, 2.05) is 32.9 Å². The number of halogens is 2. The minimum atomic E-state index is -2.95. The molecule has 164 valence electrons. The molecule has 2 aromatic heterocycles. The third-order valence-corrected chi connectivity index (χ3v) is 6.18. The van der Waals surface area contributed by atoms with Crippen LogP contribution in [0.1, 0.15) is 48.6 Å². The number of nitrogens with one attached hydrogen (secondary N) is 1. The maximum Gasteiger partial charge on any atom is 0.270 e. The van der Waals surface area contributed by atoms with Crippen molar-refractivity contribution in [2.75, 3.05) is 5.32 Å². The summed E-state index contributed by atoms with van der Waals surface area (Å²) in [6.07, 6.45) is 0. The minimum absolute atomic E-state index is 0.0890. The Hall–Kier alpha value is -3.26. The summed E-state index contributed by atoms with van der Waals surface area (Å²) in [5, 5.41) is 13.0. The van der Waals surface area contributed by atoms with Crippen molar-refractivity contribution in [2.24, 2.45) is 0 Å². The molecule has 0 aliphatic heterocycles. The van der Waals surface area contributed by atoms with Crippen LogP contribution in [-0.4, -0.2) is 21.1 Å². The number of anilines is 1. The van der Waals surface area contributed by atoms with E-state index in [4.69, 9.17) is 0 Å². The highest BCUT2D eigenvalue weighted by Gasteiger charge is 2.25. The van der Waals surface area contributed by atoms with Gasteiger partial charge in [-0.2, -0.15) is 0 Å². The van der Waals surface area contributed by atoms with E-state index < -0.39 is 5.92 Å². The van der Waals surface area contributed by atoms with E-state index in [0.717, 1.165) is 17.3 Å². The Morgan fingerprint density at radius 3 is 2.41 bits per heavy atom. The van der Waals surface area contributed by atoms with Gasteiger partial charge in [-0.1, -0.05) is 68.5 Å². The number of carbonyl (C=O) groups is 1. The summed E-state index contributed by atoms with van der Waals surface area (Å²) in [5.74, 6) is -3.31. The van der Waals surface area contributed by atoms with Crippen LogP contribution in [0.3, 0.4) is 0 Å². The first-order valence-electron chi connectivity index (χ1n) is 10.1. The first kappa shape index (κ1) is 22.0. The number of amides is 1. The summed E-state index contributed by atoms with van der Waals surface area (Å²) in [7, 11) is 0. The first-order chi connectivity index (χ1) is 15.0. The fourth-order valence-corrected chi connectivity index (χ4v) is 3.98. The van der Waals surface area contributed by atoms with Gasteiger partial charge in [0.2, 0.25) is 5.13 Å². The third-order valence-electron chi connectivity index (χ3n) is 4.92. The van der Waals surface area contributed by atoms with Gasteiger partial charge in [-0.3, -0.25) is 10.1 Å². The first-order valence-corrected chi connectivity index (χ1v) is 10.9. The van der Waals surface area contributed by atoms with Crippen LogP contribution >= 0.6 is 11.3 Å². The molecule has 32 heavy (non-hydrogen) atoms. The summed E-state index contributed by atoms with van der Waals surface area (Å²) in [5.41, 5.74) is 1.66. The van der Waals surface area contributed by atoms with Gasteiger partial charge in [0.15, 0.2) is 0 Å². The lowest BCUT2D eigenvalue weighted by molar-refractivity contribution is 0.0175. The van der Waals surface area contributed by atoms with Crippen molar-refractivity contribution in [1.29, 1.82) is 0 Å². The van der Waals surface area contributed by atoms with Gasteiger partial charge in [0.1, 0.15) is 5.01 Å². The molecule has 0 unspecified atom stereocenters. The summed E-state index contributed by atoms with van der Waals surface area (Å²) >= 11 is 1.33. The molecule has 4 rings (SSSR count). The molecule has 5 nitrogen and oxygen atoms in total. The van der Waals surface area contributed by atoms with E-state index in [0.29, 0.717) is 27.5 Å². The van der Waals surface area contributed by atoms with Gasteiger partial charge < -0.3 is 0 Å². The van der Waals surface area contributed by atoms with E-state index in [9.17, 15) is 13.6 Å². The van der Waals surface area contributed by atoms with E-state index in [-0.39, 0.29) is 16.9 Å². The molecule has 0 radical (unpaired) electrons. The number of nitrogens with zero attached hydrogens (tertiary/aromatic N) is 3. The minimum Gasteiger partial charge on any atom is -0.296 e. The maximum absolute atomic E-state index is 13.8. The lowest BCUT2D eigenvalue weighted by Crippen LogP contribution is -2.12. The van der Waals surface area contributed by atoms with Gasteiger partial charge in [0.05, 0.1) is 16.8 Å². The molecule has 2 aromatic carbocycles. The summed E-state index contributed by atoms with van der Waals surface area (Å²) < 4.78 is 27.5. The second-order valence-corrected chi connectivity index (χ2v) is 9.64. The number of hydrogen-bond acceptors (Lipinski definition) is 5. The van der Waals surface area contributed by atoms with Crippen molar-refractivity contribution in [2.45, 2.75) is 39.0 Å². The molecule has 4 aromatic rings. The molecule has 2 heterocycles. The molecular weight excluding hydrogens is 430 g/mol. The van der Waals surface area contributed by atoms with Gasteiger partial charge in [-0.15, -0.1) is 10.2 Å². The molecule has 0 bridgehead atoms. The number of aromatic nitrogens is 3. The van der Waals surface area contributed by atoms with E-state index >= 15 is 0 Å². The molecule has 0 saturated heterocycles. The highest BCUT2D eigenvalue weighted by molar-refractivity contribution is 7.15. The Labute approximate surface area is 188 Å². The summed E-state index contributed by atoms with van der Waals surface area (Å²) in [6, 6.07) is 15.0. The highest BCUT2D eigenvalue weighted by Crippen LogP contribution is 2.31. The van der Waals surface area contributed by atoms with Gasteiger partial charge in [-0.25, -0.2) is 13.8 Å². The standard InChI is InChI=1S/C24H22F2N4OS/c1-23(2,3)21-29-30-22(32-21)28-20(31)17-10-6-7-14-11-12-18(27-19(14)17)15-8-5-9-16(13-15)24(4,25)26/h5-13H,1-4H3,(H,28,30,31). The predicted molar refractivity (Wildman–Crippen MR) is 123 cm³/mol. The highest BCUT2D eigenvalue weighted by atomic mass is 32.1. The van der Waals surface area contributed by atoms with Crippen LogP contribution < -0.4 is 5.32 Å². The molecule has 1 amide bonds. The quantitative estimate of drug-likeness (QED) is 0.388. The second kappa shape index (κ2) is 8.02. The van der Waals surface area contributed by atoms with Crippen molar-refractivity contribution in [3.63, 3.8) is 0 Å². The van der Waals surface area contributed by atoms with Gasteiger partial charge in [0.25, 0.3) is 11.8 Å². The largest absolute Gasteiger partial charge is 0.296 e. The molecule has 0 fully saturated rings. The zero-order valence-electron chi connectivity index (χ0n) is 18.1. The molecule has 8 heteroatoms. The van der Waals surface area contributed by atoms with E-state index in [1.165, 1.54) is 23.5 Å². The van der Waals surface area contributed by atoms with Crippen LogP contribution in [0, 0.1) is 0 Å². The van der Waals surface area contributed by atoms with Gasteiger partial charge in [0, 0.05) is 28.9 Å². The van der Waals surface area contributed by atoms with Crippen LogP contribution in [0.2, 0.25) is 0 Å². The van der Waals surface area contributed by atoms with Crippen molar-refractivity contribution in [3.8, 4) is 11.3 Å². The third kappa shape index (κ3) is 4.50. The molecule has 0 aliphatic rings. The lowest BCUT2D eigenvalue weighted by Gasteiger charge is -2.13. The molecule has 1 N–H and O–H groups in total. The number of pyridine rings is 1. The molecule has 0 spiro atoms.